The summed E-state index contributed by atoms with van der Waals surface area (Å²) in [5.74, 6) is 1.66. The molecular formula is C25H26N4O4. The molecule has 0 spiro atoms. The number of anilines is 1. The van der Waals surface area contributed by atoms with Crippen LogP contribution in [-0.4, -0.2) is 43.2 Å². The summed E-state index contributed by atoms with van der Waals surface area (Å²) in [6.07, 6.45) is 3.27. The van der Waals surface area contributed by atoms with E-state index >= 15 is 0 Å². The number of carbonyl (C=O) groups is 1. The lowest BCUT2D eigenvalue weighted by Crippen LogP contribution is -2.43. The molecule has 1 unspecified atom stereocenters. The second-order valence-corrected chi connectivity index (χ2v) is 8.12. The lowest BCUT2D eigenvalue weighted by atomic mass is 9.97. The molecule has 8 heteroatoms. The van der Waals surface area contributed by atoms with Crippen LogP contribution in [0.1, 0.15) is 18.4 Å². The van der Waals surface area contributed by atoms with Crippen molar-refractivity contribution in [3.8, 4) is 11.5 Å². The van der Waals surface area contributed by atoms with Gasteiger partial charge in [0.25, 0.3) is 0 Å². The average Bonchev–Trinajstić information content (AvgIpc) is 3.26. The van der Waals surface area contributed by atoms with Crippen molar-refractivity contribution < 1.29 is 18.7 Å². The molecule has 170 valence electrons. The van der Waals surface area contributed by atoms with Crippen LogP contribution in [0.2, 0.25) is 0 Å². The molecule has 1 amide bonds. The number of nitrogens with one attached hydrogen (secondary N) is 1. The molecule has 1 fully saturated rings. The summed E-state index contributed by atoms with van der Waals surface area (Å²) >= 11 is 0. The Hall–Kier alpha value is -3.65. The summed E-state index contributed by atoms with van der Waals surface area (Å²) < 4.78 is 17.1. The molecule has 1 aliphatic rings. The van der Waals surface area contributed by atoms with Crippen molar-refractivity contribution in [2.45, 2.75) is 19.4 Å². The zero-order chi connectivity index (χ0) is 22.8. The Kier molecular flexibility index (Phi) is 5.83. The van der Waals surface area contributed by atoms with Gasteiger partial charge in [-0.2, -0.15) is 0 Å². The van der Waals surface area contributed by atoms with Crippen LogP contribution >= 0.6 is 0 Å². The number of aromatic nitrogens is 2. The fourth-order valence-electron chi connectivity index (χ4n) is 4.42. The van der Waals surface area contributed by atoms with Gasteiger partial charge in [0.15, 0.2) is 11.4 Å². The van der Waals surface area contributed by atoms with E-state index < -0.39 is 0 Å². The van der Waals surface area contributed by atoms with E-state index in [0.29, 0.717) is 40.5 Å². The smallest absolute Gasteiger partial charge is 0.232 e. The Labute approximate surface area is 191 Å². The van der Waals surface area contributed by atoms with Gasteiger partial charge in [0.1, 0.15) is 28.9 Å². The molecule has 0 radical (unpaired) electrons. The number of benzene rings is 2. The van der Waals surface area contributed by atoms with Crippen molar-refractivity contribution >= 4 is 33.8 Å². The van der Waals surface area contributed by atoms with Crippen LogP contribution in [0.4, 0.5) is 5.82 Å². The number of ether oxygens (including phenoxy) is 2. The second-order valence-electron chi connectivity index (χ2n) is 8.12. The maximum atomic E-state index is 13.8. The Morgan fingerprint density at radius 1 is 1.18 bits per heavy atom. The van der Waals surface area contributed by atoms with Crippen molar-refractivity contribution in [2.75, 3.05) is 32.2 Å². The minimum absolute atomic E-state index is 0.00692. The fourth-order valence-corrected chi connectivity index (χ4v) is 4.42. The maximum absolute atomic E-state index is 13.8. The molecule has 0 saturated carbocycles. The van der Waals surface area contributed by atoms with Crippen molar-refractivity contribution in [3.63, 3.8) is 0 Å². The molecular weight excluding hydrogens is 420 g/mol. The molecule has 2 aromatic carbocycles. The van der Waals surface area contributed by atoms with E-state index in [4.69, 9.17) is 13.9 Å². The molecule has 1 saturated heterocycles. The van der Waals surface area contributed by atoms with E-state index in [0.717, 1.165) is 30.3 Å². The number of rotatable bonds is 6. The number of para-hydroxylation sites is 1. The molecule has 1 atom stereocenters. The molecule has 3 heterocycles. The van der Waals surface area contributed by atoms with E-state index in [1.165, 1.54) is 6.33 Å². The van der Waals surface area contributed by atoms with Crippen molar-refractivity contribution in [1.29, 1.82) is 0 Å². The van der Waals surface area contributed by atoms with Gasteiger partial charge in [-0.3, -0.25) is 9.69 Å². The highest BCUT2D eigenvalue weighted by molar-refractivity contribution is 6.08. The van der Waals surface area contributed by atoms with Crippen LogP contribution in [0.5, 0.6) is 11.5 Å². The standard InChI is InChI=1S/C25H26N4O4/c1-31-18-9-10-20(32-2)17(12-18)14-29(25(30)16-6-5-11-26-13-16)24-23-22(27-15-28-24)19-7-3-4-8-21(19)33-23/h3-4,7-10,12,15-16,26H,5-6,11,13-14H2,1-2H3. The van der Waals surface area contributed by atoms with Gasteiger partial charge >= 0.3 is 0 Å². The minimum atomic E-state index is -0.148. The predicted molar refractivity (Wildman–Crippen MR) is 126 cm³/mol. The van der Waals surface area contributed by atoms with E-state index in [-0.39, 0.29) is 18.4 Å². The Morgan fingerprint density at radius 3 is 2.85 bits per heavy atom. The number of amides is 1. The molecule has 1 aliphatic heterocycles. The normalized spacial score (nSPS) is 16.1. The van der Waals surface area contributed by atoms with Gasteiger partial charge in [-0.15, -0.1) is 0 Å². The first kappa shape index (κ1) is 21.2. The highest BCUT2D eigenvalue weighted by Gasteiger charge is 2.31. The Bertz CT molecular complexity index is 1300. The van der Waals surface area contributed by atoms with Gasteiger partial charge in [-0.1, -0.05) is 12.1 Å². The zero-order valence-corrected chi connectivity index (χ0v) is 18.7. The number of hydrogen-bond acceptors (Lipinski definition) is 7. The first-order valence-corrected chi connectivity index (χ1v) is 11.0. The monoisotopic (exact) mass is 446 g/mol. The molecule has 33 heavy (non-hydrogen) atoms. The lowest BCUT2D eigenvalue weighted by Gasteiger charge is -2.29. The van der Waals surface area contributed by atoms with Crippen molar-refractivity contribution in [2.24, 2.45) is 5.92 Å². The number of carbonyl (C=O) groups excluding carboxylic acids is 1. The first-order valence-electron chi connectivity index (χ1n) is 11.0. The molecule has 8 nitrogen and oxygen atoms in total. The average molecular weight is 447 g/mol. The van der Waals surface area contributed by atoms with Crippen LogP contribution in [0.25, 0.3) is 22.1 Å². The molecule has 0 bridgehead atoms. The van der Waals surface area contributed by atoms with Gasteiger partial charge in [0.2, 0.25) is 5.91 Å². The van der Waals surface area contributed by atoms with E-state index in [1.807, 2.05) is 42.5 Å². The highest BCUT2D eigenvalue weighted by atomic mass is 16.5. The molecule has 1 N–H and O–H groups in total. The van der Waals surface area contributed by atoms with Crippen LogP contribution < -0.4 is 19.7 Å². The molecule has 0 aliphatic carbocycles. The number of methoxy groups -OCH3 is 2. The van der Waals surface area contributed by atoms with Gasteiger partial charge in [-0.05, 0) is 49.7 Å². The van der Waals surface area contributed by atoms with Crippen LogP contribution in [0.3, 0.4) is 0 Å². The fraction of sp³-hybridized carbons (Fsp3) is 0.320. The summed E-state index contributed by atoms with van der Waals surface area (Å²) in [7, 11) is 3.23. The van der Waals surface area contributed by atoms with Crippen LogP contribution in [0.15, 0.2) is 53.2 Å². The number of nitrogens with zero attached hydrogens (tertiary/aromatic N) is 3. The number of furan rings is 1. The molecule has 5 rings (SSSR count). The maximum Gasteiger partial charge on any atom is 0.232 e. The summed E-state index contributed by atoms with van der Waals surface area (Å²) in [5, 5.41) is 4.23. The third-order valence-electron chi connectivity index (χ3n) is 6.12. The number of hydrogen-bond donors (Lipinski definition) is 1. The van der Waals surface area contributed by atoms with Gasteiger partial charge < -0.3 is 19.2 Å². The van der Waals surface area contributed by atoms with Gasteiger partial charge in [0.05, 0.1) is 26.7 Å². The third-order valence-corrected chi connectivity index (χ3v) is 6.12. The van der Waals surface area contributed by atoms with E-state index in [9.17, 15) is 4.79 Å². The lowest BCUT2D eigenvalue weighted by molar-refractivity contribution is -0.123. The Morgan fingerprint density at radius 2 is 2.06 bits per heavy atom. The van der Waals surface area contributed by atoms with Gasteiger partial charge in [0, 0.05) is 17.5 Å². The third kappa shape index (κ3) is 3.98. The van der Waals surface area contributed by atoms with E-state index in [2.05, 4.69) is 15.3 Å². The first-order chi connectivity index (χ1) is 16.2. The number of piperidine rings is 1. The molecule has 4 aromatic rings. The largest absolute Gasteiger partial charge is 0.497 e. The number of fused-ring (bicyclic) bond motifs is 3. The molecule has 2 aromatic heterocycles. The summed E-state index contributed by atoms with van der Waals surface area (Å²) in [5.41, 5.74) is 2.71. The minimum Gasteiger partial charge on any atom is -0.497 e. The van der Waals surface area contributed by atoms with Gasteiger partial charge in [-0.25, -0.2) is 9.97 Å². The van der Waals surface area contributed by atoms with E-state index in [1.54, 1.807) is 19.1 Å². The van der Waals surface area contributed by atoms with Crippen LogP contribution in [-0.2, 0) is 11.3 Å². The summed E-state index contributed by atoms with van der Waals surface area (Å²) in [4.78, 5) is 24.5. The predicted octanol–water partition coefficient (Wildman–Crippen LogP) is 3.93. The topological polar surface area (TPSA) is 89.7 Å². The SMILES string of the molecule is COc1ccc(OC)c(CN(C(=O)C2CCCNC2)c2ncnc3c2oc2ccccc23)c1. The summed E-state index contributed by atoms with van der Waals surface area (Å²) in [6.45, 7) is 1.83. The van der Waals surface area contributed by atoms with Crippen molar-refractivity contribution in [3.05, 3.63) is 54.4 Å². The summed E-state index contributed by atoms with van der Waals surface area (Å²) in [6, 6.07) is 13.3. The quantitative estimate of drug-likeness (QED) is 0.480. The highest BCUT2D eigenvalue weighted by Crippen LogP contribution is 2.35. The van der Waals surface area contributed by atoms with Crippen molar-refractivity contribution in [1.82, 2.24) is 15.3 Å². The zero-order valence-electron chi connectivity index (χ0n) is 18.7. The Balaban J connectivity index is 1.64. The van der Waals surface area contributed by atoms with Crippen LogP contribution in [0, 0.1) is 5.92 Å². The second kappa shape index (κ2) is 9.07.